The van der Waals surface area contributed by atoms with Crippen molar-refractivity contribution >= 4 is 16.9 Å². The highest BCUT2D eigenvalue weighted by molar-refractivity contribution is 7.16. The Morgan fingerprint density at radius 3 is 2.38 bits per heavy atom. The first-order valence-electron chi connectivity index (χ1n) is 6.18. The third kappa shape index (κ3) is 3.44. The van der Waals surface area contributed by atoms with Crippen LogP contribution in [0.3, 0.4) is 0 Å². The van der Waals surface area contributed by atoms with E-state index in [1.807, 2.05) is 13.8 Å². The van der Waals surface area contributed by atoms with E-state index in [1.165, 1.54) is 23.5 Å². The minimum Gasteiger partial charge on any atom is -0.504 e. The van der Waals surface area contributed by atoms with Crippen LogP contribution in [0.2, 0.25) is 0 Å². The average Bonchev–Trinajstić information content (AvgIpc) is 2.80. The Morgan fingerprint density at radius 2 is 1.86 bits per heavy atom. The quantitative estimate of drug-likeness (QED) is 0.732. The van der Waals surface area contributed by atoms with Gasteiger partial charge in [0.05, 0.1) is 29.5 Å². The molecule has 0 spiro atoms. The lowest BCUT2D eigenvalue weighted by atomic mass is 10.1. The van der Waals surface area contributed by atoms with Crippen LogP contribution in [-0.2, 0) is 10.9 Å². The van der Waals surface area contributed by atoms with Gasteiger partial charge in [-0.2, -0.15) is 13.2 Å². The number of methoxy groups -OCH3 is 1. The molecule has 0 fully saturated rings. The van der Waals surface area contributed by atoms with Crippen LogP contribution in [0.25, 0.3) is 16.1 Å². The zero-order valence-corrected chi connectivity index (χ0v) is 12.6. The van der Waals surface area contributed by atoms with E-state index in [0.29, 0.717) is 10.6 Å². The van der Waals surface area contributed by atoms with Gasteiger partial charge in [0.15, 0.2) is 0 Å². The predicted octanol–water partition coefficient (Wildman–Crippen LogP) is 5.14. The maximum Gasteiger partial charge on any atom is 0.416 e. The molecule has 0 unspecified atom stereocenters. The fourth-order valence-electron chi connectivity index (χ4n) is 1.92. The molecule has 0 bridgehead atoms. The van der Waals surface area contributed by atoms with Gasteiger partial charge < -0.3 is 4.74 Å². The molecule has 0 aliphatic heterocycles. The fourth-order valence-corrected chi connectivity index (χ4v) is 2.95. The molecule has 0 N–H and O–H groups in total. The highest BCUT2D eigenvalue weighted by Crippen LogP contribution is 2.34. The smallest absolute Gasteiger partial charge is 0.416 e. The maximum absolute atomic E-state index is 12.5. The Bertz CT molecular complexity index is 657. The van der Waals surface area contributed by atoms with Gasteiger partial charge in [-0.1, -0.05) is 12.1 Å². The Labute approximate surface area is 124 Å². The lowest BCUT2D eigenvalue weighted by molar-refractivity contribution is -0.137. The van der Waals surface area contributed by atoms with Crippen molar-refractivity contribution in [2.24, 2.45) is 0 Å². The molecule has 21 heavy (non-hydrogen) atoms. The van der Waals surface area contributed by atoms with Crippen LogP contribution in [0.15, 0.2) is 30.5 Å². The van der Waals surface area contributed by atoms with Crippen LogP contribution in [-0.4, -0.2) is 12.1 Å². The molecule has 2 nitrogen and oxygen atoms in total. The molecule has 0 radical (unpaired) electrons. The Hall–Kier alpha value is -1.82. The molecule has 0 aliphatic carbocycles. The third-order valence-corrected chi connectivity index (χ3v) is 4.25. The number of halogens is 3. The molecule has 2 rings (SSSR count). The van der Waals surface area contributed by atoms with Gasteiger partial charge in [0.25, 0.3) is 0 Å². The summed E-state index contributed by atoms with van der Waals surface area (Å²) in [5.74, 6) is 0. The van der Waals surface area contributed by atoms with Crippen molar-refractivity contribution in [3.63, 3.8) is 0 Å². The minimum absolute atomic E-state index is 0.657. The SMILES string of the molecule is CO/C=C(\C)c1sc(-c2ccc(C(F)(F)F)cc2)nc1C. The summed E-state index contributed by atoms with van der Waals surface area (Å²) in [5.41, 5.74) is 1.79. The molecule has 1 aromatic carbocycles. The second-order valence-electron chi connectivity index (χ2n) is 4.55. The van der Waals surface area contributed by atoms with E-state index in [9.17, 15) is 13.2 Å². The lowest BCUT2D eigenvalue weighted by Crippen LogP contribution is -2.03. The largest absolute Gasteiger partial charge is 0.504 e. The number of rotatable bonds is 3. The van der Waals surface area contributed by atoms with E-state index in [2.05, 4.69) is 4.98 Å². The standard InChI is InChI=1S/C15H14F3NOS/c1-9(8-20-3)13-10(2)19-14(21-13)11-4-6-12(7-5-11)15(16,17)18/h4-8H,1-3H3/b9-8+. The molecule has 0 atom stereocenters. The normalized spacial score (nSPS) is 12.6. The number of alkyl halides is 3. The summed E-state index contributed by atoms with van der Waals surface area (Å²) >= 11 is 1.43. The third-order valence-electron chi connectivity index (χ3n) is 2.91. The van der Waals surface area contributed by atoms with Gasteiger partial charge in [-0.05, 0) is 26.0 Å². The zero-order chi connectivity index (χ0) is 15.6. The van der Waals surface area contributed by atoms with Gasteiger partial charge in [-0.15, -0.1) is 11.3 Å². The molecule has 0 amide bonds. The molecular formula is C15H14F3NOS. The van der Waals surface area contributed by atoms with Gasteiger partial charge in [0.2, 0.25) is 0 Å². The predicted molar refractivity (Wildman–Crippen MR) is 77.9 cm³/mol. The number of aromatic nitrogens is 1. The van der Waals surface area contributed by atoms with Crippen molar-refractivity contribution in [3.05, 3.63) is 46.7 Å². The molecule has 1 aromatic heterocycles. The molecule has 2 aromatic rings. The number of aryl methyl sites for hydroxylation is 1. The highest BCUT2D eigenvalue weighted by atomic mass is 32.1. The van der Waals surface area contributed by atoms with Crippen LogP contribution in [0.5, 0.6) is 0 Å². The molecule has 0 saturated carbocycles. The molecule has 0 aliphatic rings. The van der Waals surface area contributed by atoms with E-state index >= 15 is 0 Å². The van der Waals surface area contributed by atoms with Crippen molar-refractivity contribution in [3.8, 4) is 10.6 Å². The minimum atomic E-state index is -4.32. The van der Waals surface area contributed by atoms with E-state index in [1.54, 1.807) is 13.4 Å². The second kappa shape index (κ2) is 5.89. The van der Waals surface area contributed by atoms with Crippen LogP contribution in [0.1, 0.15) is 23.1 Å². The Morgan fingerprint density at radius 1 is 1.24 bits per heavy atom. The second-order valence-corrected chi connectivity index (χ2v) is 5.54. The van der Waals surface area contributed by atoms with Crippen molar-refractivity contribution in [1.82, 2.24) is 4.98 Å². The van der Waals surface area contributed by atoms with Crippen LogP contribution >= 0.6 is 11.3 Å². The summed E-state index contributed by atoms with van der Waals surface area (Å²) in [6, 6.07) is 5.04. The Balaban J connectivity index is 2.35. The van der Waals surface area contributed by atoms with Crippen LogP contribution in [0, 0.1) is 6.92 Å². The summed E-state index contributed by atoms with van der Waals surface area (Å²) < 4.78 is 42.6. The number of ether oxygens (including phenoxy) is 1. The zero-order valence-electron chi connectivity index (χ0n) is 11.8. The van der Waals surface area contributed by atoms with E-state index in [0.717, 1.165) is 28.3 Å². The van der Waals surface area contributed by atoms with Gasteiger partial charge in [0.1, 0.15) is 5.01 Å². The summed E-state index contributed by atoms with van der Waals surface area (Å²) in [4.78, 5) is 5.38. The fraction of sp³-hybridized carbons (Fsp3) is 0.267. The maximum atomic E-state index is 12.5. The summed E-state index contributed by atoms with van der Waals surface area (Å²) in [5, 5.41) is 0.695. The van der Waals surface area contributed by atoms with E-state index in [4.69, 9.17) is 4.74 Å². The summed E-state index contributed by atoms with van der Waals surface area (Å²) in [7, 11) is 1.57. The van der Waals surface area contributed by atoms with Gasteiger partial charge >= 0.3 is 6.18 Å². The first-order chi connectivity index (χ1) is 9.82. The van der Waals surface area contributed by atoms with Gasteiger partial charge in [-0.25, -0.2) is 4.98 Å². The lowest BCUT2D eigenvalue weighted by Gasteiger charge is -2.06. The molecule has 1 heterocycles. The first kappa shape index (κ1) is 15.6. The monoisotopic (exact) mass is 313 g/mol. The Kier molecular flexibility index (Phi) is 4.37. The molecular weight excluding hydrogens is 299 g/mol. The number of benzene rings is 1. The summed E-state index contributed by atoms with van der Waals surface area (Å²) in [6.07, 6.45) is -2.70. The van der Waals surface area contributed by atoms with Crippen LogP contribution in [0.4, 0.5) is 13.2 Å². The highest BCUT2D eigenvalue weighted by Gasteiger charge is 2.30. The van der Waals surface area contributed by atoms with Gasteiger partial charge in [-0.3, -0.25) is 0 Å². The topological polar surface area (TPSA) is 22.1 Å². The van der Waals surface area contributed by atoms with Crippen LogP contribution < -0.4 is 0 Å². The van der Waals surface area contributed by atoms with Crippen molar-refractivity contribution < 1.29 is 17.9 Å². The molecule has 6 heteroatoms. The average molecular weight is 313 g/mol. The number of nitrogens with zero attached hydrogens (tertiary/aromatic N) is 1. The molecule has 112 valence electrons. The van der Waals surface area contributed by atoms with Crippen molar-refractivity contribution in [2.45, 2.75) is 20.0 Å². The van der Waals surface area contributed by atoms with Gasteiger partial charge in [0, 0.05) is 11.1 Å². The summed E-state index contributed by atoms with van der Waals surface area (Å²) in [6.45, 7) is 3.77. The number of hydrogen-bond donors (Lipinski definition) is 0. The first-order valence-corrected chi connectivity index (χ1v) is 6.99. The van der Waals surface area contributed by atoms with Crippen molar-refractivity contribution in [2.75, 3.05) is 7.11 Å². The molecule has 0 saturated heterocycles. The number of hydrogen-bond acceptors (Lipinski definition) is 3. The van der Waals surface area contributed by atoms with E-state index < -0.39 is 11.7 Å². The number of allylic oxidation sites excluding steroid dienone is 1. The number of thiazole rings is 1. The van der Waals surface area contributed by atoms with Crippen molar-refractivity contribution in [1.29, 1.82) is 0 Å². The van der Waals surface area contributed by atoms with E-state index in [-0.39, 0.29) is 0 Å².